The Morgan fingerprint density at radius 3 is 2.47 bits per heavy atom. The van der Waals surface area contributed by atoms with Gasteiger partial charge in [-0.25, -0.2) is 14.1 Å². The Kier molecular flexibility index (Phi) is 7.49. The quantitative estimate of drug-likeness (QED) is 0.319. The molecule has 0 aliphatic carbocycles. The van der Waals surface area contributed by atoms with E-state index in [1.165, 1.54) is 25.3 Å². The third kappa shape index (κ3) is 5.31. The summed E-state index contributed by atoms with van der Waals surface area (Å²) in [5.74, 6) is -0.813. The first-order chi connectivity index (χ1) is 17.3. The van der Waals surface area contributed by atoms with Crippen LogP contribution in [0.1, 0.15) is 23.6 Å². The van der Waals surface area contributed by atoms with Crippen molar-refractivity contribution in [3.8, 4) is 11.5 Å². The van der Waals surface area contributed by atoms with Crippen LogP contribution in [0.5, 0.6) is 11.5 Å². The molecule has 0 aromatic heterocycles. The van der Waals surface area contributed by atoms with Gasteiger partial charge < -0.3 is 9.47 Å². The van der Waals surface area contributed by atoms with Crippen LogP contribution in [0.3, 0.4) is 0 Å². The average Bonchev–Trinajstić information content (AvgIpc) is 2.84. The lowest BCUT2D eigenvalue weighted by molar-refractivity contribution is -0.122. The maximum absolute atomic E-state index is 13.6. The van der Waals surface area contributed by atoms with Crippen molar-refractivity contribution in [2.75, 3.05) is 18.6 Å². The van der Waals surface area contributed by atoms with Crippen molar-refractivity contribution >= 4 is 45.5 Å². The van der Waals surface area contributed by atoms with Crippen molar-refractivity contribution in [1.82, 2.24) is 5.32 Å². The summed E-state index contributed by atoms with van der Waals surface area (Å²) in [6, 6.07) is 15.2. The molecule has 4 amide bonds. The molecule has 9 heteroatoms. The highest BCUT2D eigenvalue weighted by molar-refractivity contribution is 9.10. The van der Waals surface area contributed by atoms with E-state index in [0.717, 1.165) is 16.0 Å². The summed E-state index contributed by atoms with van der Waals surface area (Å²) in [6.07, 6.45) is 1.79. The standard InChI is InChI=1S/C27H22BrFN2O5/c1-3-36-20-9-7-19(8-10-20)31-26(33)22(25(32)30-27(31)34)13-17-14-23(28)21(24(15-17)35-2)12-16-5-4-6-18(29)11-16/h4-11,13-15H,3,12H2,1-2H3,(H,30,32,34)/b22-13+. The third-order valence-corrected chi connectivity index (χ3v) is 6.19. The first-order valence-corrected chi connectivity index (χ1v) is 11.8. The number of hydrogen-bond donors (Lipinski definition) is 1. The second-order valence-corrected chi connectivity index (χ2v) is 8.73. The van der Waals surface area contributed by atoms with Gasteiger partial charge in [-0.1, -0.05) is 28.1 Å². The SMILES string of the molecule is CCOc1ccc(N2C(=O)NC(=O)/C(=C\c3cc(Br)c(Cc4cccc(F)c4)c(OC)c3)C2=O)cc1. The Balaban J connectivity index is 1.67. The van der Waals surface area contributed by atoms with E-state index in [4.69, 9.17) is 9.47 Å². The molecule has 0 unspecified atom stereocenters. The average molecular weight is 553 g/mol. The molecular formula is C27H22BrFN2O5. The van der Waals surface area contributed by atoms with E-state index in [1.54, 1.807) is 42.5 Å². The maximum Gasteiger partial charge on any atom is 0.335 e. The highest BCUT2D eigenvalue weighted by atomic mass is 79.9. The predicted octanol–water partition coefficient (Wildman–Crippen LogP) is 5.25. The number of ether oxygens (including phenoxy) is 2. The molecule has 4 rings (SSSR count). The van der Waals surface area contributed by atoms with Crippen LogP contribution in [0.2, 0.25) is 0 Å². The largest absolute Gasteiger partial charge is 0.496 e. The molecule has 0 bridgehead atoms. The van der Waals surface area contributed by atoms with Crippen molar-refractivity contribution in [1.29, 1.82) is 0 Å². The van der Waals surface area contributed by atoms with Gasteiger partial charge in [0, 0.05) is 16.5 Å². The number of urea groups is 1. The van der Waals surface area contributed by atoms with E-state index >= 15 is 0 Å². The van der Waals surface area contributed by atoms with E-state index in [9.17, 15) is 18.8 Å². The van der Waals surface area contributed by atoms with E-state index in [-0.39, 0.29) is 11.4 Å². The van der Waals surface area contributed by atoms with Crippen LogP contribution in [0, 0.1) is 5.82 Å². The molecule has 1 aliphatic rings. The van der Waals surface area contributed by atoms with Gasteiger partial charge in [-0.05, 0) is 72.7 Å². The molecule has 184 valence electrons. The Morgan fingerprint density at radius 2 is 1.81 bits per heavy atom. The molecule has 3 aromatic carbocycles. The monoisotopic (exact) mass is 552 g/mol. The first kappa shape index (κ1) is 25.1. The van der Waals surface area contributed by atoms with Crippen LogP contribution in [0.25, 0.3) is 6.08 Å². The normalized spacial score (nSPS) is 14.7. The number of barbiturate groups is 1. The predicted molar refractivity (Wildman–Crippen MR) is 137 cm³/mol. The number of benzene rings is 3. The van der Waals surface area contributed by atoms with Crippen LogP contribution >= 0.6 is 15.9 Å². The van der Waals surface area contributed by atoms with Crippen LogP contribution in [0.15, 0.2) is 70.7 Å². The number of methoxy groups -OCH3 is 1. The molecule has 0 radical (unpaired) electrons. The fraction of sp³-hybridized carbons (Fsp3) is 0.148. The highest BCUT2D eigenvalue weighted by Crippen LogP contribution is 2.33. The zero-order chi connectivity index (χ0) is 25.8. The molecule has 1 saturated heterocycles. The molecule has 0 spiro atoms. The number of nitrogens with zero attached hydrogens (tertiary/aromatic N) is 1. The third-order valence-electron chi connectivity index (χ3n) is 5.49. The van der Waals surface area contributed by atoms with Gasteiger partial charge >= 0.3 is 6.03 Å². The van der Waals surface area contributed by atoms with Crippen molar-refractivity contribution in [3.05, 3.63) is 93.2 Å². The van der Waals surface area contributed by atoms with E-state index in [0.29, 0.717) is 40.3 Å². The molecule has 0 saturated carbocycles. The number of carbonyl (C=O) groups excluding carboxylic acids is 3. The fourth-order valence-electron chi connectivity index (χ4n) is 3.84. The molecule has 1 N–H and O–H groups in total. The summed E-state index contributed by atoms with van der Waals surface area (Å²) in [4.78, 5) is 39.2. The Morgan fingerprint density at radius 1 is 1.06 bits per heavy atom. The fourth-order valence-corrected chi connectivity index (χ4v) is 4.44. The zero-order valence-corrected chi connectivity index (χ0v) is 21.1. The van der Waals surface area contributed by atoms with Gasteiger partial charge in [0.05, 0.1) is 19.4 Å². The van der Waals surface area contributed by atoms with Gasteiger partial charge in [-0.2, -0.15) is 0 Å². The number of halogens is 2. The highest BCUT2D eigenvalue weighted by Gasteiger charge is 2.36. The number of imide groups is 2. The lowest BCUT2D eigenvalue weighted by Crippen LogP contribution is -2.54. The van der Waals surface area contributed by atoms with Gasteiger partial charge in [0.25, 0.3) is 11.8 Å². The summed E-state index contributed by atoms with van der Waals surface area (Å²) in [5.41, 5.74) is 2.11. The number of nitrogens with one attached hydrogen (secondary N) is 1. The number of anilines is 1. The molecule has 1 heterocycles. The van der Waals surface area contributed by atoms with Gasteiger partial charge in [0.2, 0.25) is 0 Å². The molecule has 0 atom stereocenters. The van der Waals surface area contributed by atoms with Gasteiger partial charge in [0.15, 0.2) is 0 Å². The van der Waals surface area contributed by atoms with Crippen LogP contribution < -0.4 is 19.7 Å². The van der Waals surface area contributed by atoms with Crippen molar-refractivity contribution in [3.63, 3.8) is 0 Å². The minimum atomic E-state index is -0.837. The maximum atomic E-state index is 13.6. The molecule has 1 fully saturated rings. The smallest absolute Gasteiger partial charge is 0.335 e. The number of rotatable bonds is 7. The summed E-state index contributed by atoms with van der Waals surface area (Å²) in [5, 5.41) is 2.21. The van der Waals surface area contributed by atoms with E-state index in [2.05, 4.69) is 21.2 Å². The lowest BCUT2D eigenvalue weighted by atomic mass is 10.0. The molecule has 36 heavy (non-hydrogen) atoms. The van der Waals surface area contributed by atoms with Crippen LogP contribution in [-0.2, 0) is 16.0 Å². The molecule has 3 aromatic rings. The van der Waals surface area contributed by atoms with Crippen molar-refractivity contribution in [2.24, 2.45) is 0 Å². The number of carbonyl (C=O) groups is 3. The van der Waals surface area contributed by atoms with Crippen LogP contribution in [0.4, 0.5) is 14.9 Å². The number of hydrogen-bond acceptors (Lipinski definition) is 5. The number of amides is 4. The summed E-state index contributed by atoms with van der Waals surface area (Å²) in [6.45, 7) is 2.32. The molecule has 1 aliphatic heterocycles. The van der Waals surface area contributed by atoms with Gasteiger partial charge in [-0.15, -0.1) is 0 Å². The summed E-state index contributed by atoms with van der Waals surface area (Å²) < 4.78 is 25.2. The van der Waals surface area contributed by atoms with Gasteiger partial charge in [-0.3, -0.25) is 14.9 Å². The summed E-state index contributed by atoms with van der Waals surface area (Å²) >= 11 is 3.52. The van der Waals surface area contributed by atoms with Crippen molar-refractivity contribution in [2.45, 2.75) is 13.3 Å². The second-order valence-electron chi connectivity index (χ2n) is 7.88. The molecule has 7 nitrogen and oxygen atoms in total. The molecular weight excluding hydrogens is 531 g/mol. The second kappa shape index (κ2) is 10.7. The van der Waals surface area contributed by atoms with Crippen LogP contribution in [-0.4, -0.2) is 31.6 Å². The minimum absolute atomic E-state index is 0.213. The topological polar surface area (TPSA) is 84.9 Å². The Bertz CT molecular complexity index is 1370. The Labute approximate surface area is 215 Å². The van der Waals surface area contributed by atoms with Gasteiger partial charge in [0.1, 0.15) is 22.9 Å². The lowest BCUT2D eigenvalue weighted by Gasteiger charge is -2.26. The minimum Gasteiger partial charge on any atom is -0.496 e. The zero-order valence-electron chi connectivity index (χ0n) is 19.5. The van der Waals surface area contributed by atoms with E-state index in [1.807, 2.05) is 13.0 Å². The van der Waals surface area contributed by atoms with Crippen molar-refractivity contribution < 1.29 is 28.2 Å². The Hall–Kier alpha value is -3.98. The first-order valence-electron chi connectivity index (χ1n) is 11.1. The summed E-state index contributed by atoms with van der Waals surface area (Å²) in [7, 11) is 1.50. The van der Waals surface area contributed by atoms with E-state index < -0.39 is 17.8 Å².